The Morgan fingerprint density at radius 1 is 0.841 bits per heavy atom. The minimum Gasteiger partial charge on any atom is -0.493 e. The number of rotatable bonds is 33. The summed E-state index contributed by atoms with van der Waals surface area (Å²) in [6, 6.07) is 10.8. The van der Waals surface area contributed by atoms with E-state index in [1.807, 2.05) is 37.5 Å². The summed E-state index contributed by atoms with van der Waals surface area (Å²) in [6.07, 6.45) is 10.4. The van der Waals surface area contributed by atoms with Crippen molar-refractivity contribution in [3.8, 4) is 17.0 Å². The zero-order chi connectivity index (χ0) is 58.6. The number of allylic oxidation sites excluding steroid dienone is 1. The predicted octanol–water partition coefficient (Wildman–Crippen LogP) is 1.59. The van der Waals surface area contributed by atoms with Gasteiger partial charge in [-0.1, -0.05) is 26.0 Å². The molecule has 1 aromatic heterocycles. The third-order valence-corrected chi connectivity index (χ3v) is 13.3. The number of nitrogens with two attached hydrogens (primary N) is 2. The number of anilines is 2. The Bertz CT molecular complexity index is 2670. The molecule has 25 heteroatoms. The van der Waals surface area contributed by atoms with Crippen LogP contribution in [-0.4, -0.2) is 178 Å². The molecule has 0 aliphatic carbocycles. The van der Waals surface area contributed by atoms with Crippen molar-refractivity contribution in [1.29, 1.82) is 0 Å². The Balaban J connectivity index is 0.856. The number of benzene rings is 2. The molecule has 3 unspecified atom stereocenters. The third kappa shape index (κ3) is 20.9. The quantitative estimate of drug-likeness (QED) is 0.0238. The van der Waals surface area contributed by atoms with Crippen molar-refractivity contribution in [2.24, 2.45) is 11.7 Å². The van der Waals surface area contributed by atoms with Gasteiger partial charge in [0.1, 0.15) is 17.8 Å². The Morgan fingerprint density at radius 2 is 1.55 bits per heavy atom. The molecule has 82 heavy (non-hydrogen) atoms. The molecule has 0 radical (unpaired) electrons. The SMILES string of the molecule is CC(C)C(NC(=O)CCOCCOCCOCCOCCN1C(=O)C=CC1=O)C(=O)NC(CCCN)C(=O)Nc1ccc(COC(O)NCCCOc2ccc3cc2CCCCN(C)C2=C(CNC=C2)NC(=O)c2nc-3cnc2N)cc1. The molecule has 2 aromatic carbocycles. The molecule has 0 fully saturated rings. The molecule has 0 saturated heterocycles. The summed E-state index contributed by atoms with van der Waals surface area (Å²) in [6.45, 7) is 8.25. The molecule has 0 spiro atoms. The number of dihydropyridines is 1. The van der Waals surface area contributed by atoms with E-state index >= 15 is 0 Å². The maximum Gasteiger partial charge on any atom is 0.277 e. The van der Waals surface area contributed by atoms with Gasteiger partial charge in [-0.05, 0) is 105 Å². The number of aliphatic hydroxyl groups is 1. The lowest BCUT2D eigenvalue weighted by atomic mass is 10.0. The van der Waals surface area contributed by atoms with Gasteiger partial charge in [0.05, 0.1) is 102 Å². The van der Waals surface area contributed by atoms with Crippen LogP contribution in [0.4, 0.5) is 11.5 Å². The normalized spacial score (nSPS) is 15.5. The topological polar surface area (TPSA) is 335 Å². The number of amides is 6. The van der Waals surface area contributed by atoms with Crippen molar-refractivity contribution in [1.82, 2.24) is 46.4 Å². The highest BCUT2D eigenvalue weighted by Crippen LogP contribution is 2.29. The summed E-state index contributed by atoms with van der Waals surface area (Å²) in [5.41, 5.74) is 17.1. The molecule has 3 aliphatic rings. The van der Waals surface area contributed by atoms with Crippen LogP contribution in [0.15, 0.2) is 84.5 Å². The fourth-order valence-corrected chi connectivity index (χ4v) is 8.71. The molecule has 3 aromatic rings. The summed E-state index contributed by atoms with van der Waals surface area (Å²) in [5, 5.41) is 28.1. The first-order chi connectivity index (χ1) is 39.7. The Morgan fingerprint density at radius 3 is 2.26 bits per heavy atom. The van der Waals surface area contributed by atoms with Crippen molar-refractivity contribution in [3.05, 3.63) is 101 Å². The van der Waals surface area contributed by atoms with Crippen LogP contribution in [0.3, 0.4) is 0 Å². The number of fused-ring (bicyclic) bond motifs is 5. The molecule has 446 valence electrons. The number of carbonyl (C=O) groups is 6. The van der Waals surface area contributed by atoms with Crippen molar-refractivity contribution >= 4 is 46.9 Å². The van der Waals surface area contributed by atoms with Gasteiger partial charge in [-0.3, -0.25) is 39.0 Å². The van der Waals surface area contributed by atoms with E-state index in [0.29, 0.717) is 76.9 Å². The summed E-state index contributed by atoms with van der Waals surface area (Å²) in [5.74, 6) is -2.02. The molecule has 0 saturated carbocycles. The Hall–Kier alpha value is -7.36. The number of carbonyl (C=O) groups excluding carboxylic acids is 6. The van der Waals surface area contributed by atoms with Crippen LogP contribution in [0.1, 0.15) is 74.0 Å². The molecule has 25 nitrogen and oxygen atoms in total. The second kappa shape index (κ2) is 34.2. The number of hydrogen-bond acceptors (Lipinski definition) is 20. The van der Waals surface area contributed by atoms with Crippen molar-refractivity contribution < 1.29 is 62.3 Å². The van der Waals surface area contributed by atoms with E-state index in [1.165, 1.54) is 12.2 Å². The fraction of sp³-hybridized carbons (Fsp3) is 0.509. The summed E-state index contributed by atoms with van der Waals surface area (Å²) < 4.78 is 33.8. The minimum absolute atomic E-state index is 0.00423. The minimum atomic E-state index is -1.26. The average molecular weight is 1140 g/mol. The zero-order valence-electron chi connectivity index (χ0n) is 47.1. The highest BCUT2D eigenvalue weighted by Gasteiger charge is 2.29. The van der Waals surface area contributed by atoms with Gasteiger partial charge >= 0.3 is 0 Å². The molecule has 3 atom stereocenters. The van der Waals surface area contributed by atoms with Crippen LogP contribution in [0.5, 0.6) is 5.75 Å². The van der Waals surface area contributed by atoms with Gasteiger partial charge in [-0.15, -0.1) is 0 Å². The number of nitrogens with zero attached hydrogens (tertiary/aromatic N) is 4. The first kappa shape index (κ1) is 63.8. The van der Waals surface area contributed by atoms with Gasteiger partial charge in [0.2, 0.25) is 24.1 Å². The molecule has 3 aliphatic heterocycles. The number of nitrogen functional groups attached to an aromatic ring is 1. The maximum atomic E-state index is 13.5. The number of aliphatic hydroxyl groups excluding tert-OH is 1. The van der Waals surface area contributed by atoms with Crippen molar-refractivity contribution in [3.63, 3.8) is 0 Å². The highest BCUT2D eigenvalue weighted by atomic mass is 16.6. The lowest BCUT2D eigenvalue weighted by Gasteiger charge is -2.26. The van der Waals surface area contributed by atoms with E-state index in [4.69, 9.17) is 39.9 Å². The van der Waals surface area contributed by atoms with Crippen LogP contribution in [0, 0.1) is 5.92 Å². The van der Waals surface area contributed by atoms with Gasteiger partial charge in [-0.2, -0.15) is 0 Å². The highest BCUT2D eigenvalue weighted by molar-refractivity contribution is 6.12. The van der Waals surface area contributed by atoms with E-state index in [1.54, 1.807) is 44.3 Å². The first-order valence-electron chi connectivity index (χ1n) is 27.8. The largest absolute Gasteiger partial charge is 0.493 e. The van der Waals surface area contributed by atoms with Crippen molar-refractivity contribution in [2.75, 3.05) is 110 Å². The van der Waals surface area contributed by atoms with Crippen LogP contribution >= 0.6 is 0 Å². The number of aryl methyl sites for hydroxylation is 1. The van der Waals surface area contributed by atoms with Gasteiger partial charge < -0.3 is 76.5 Å². The van der Waals surface area contributed by atoms with E-state index in [2.05, 4.69) is 46.8 Å². The molecular formula is C57H80N12O13. The molecule has 4 heterocycles. The Labute approximate surface area is 478 Å². The van der Waals surface area contributed by atoms with Gasteiger partial charge in [0, 0.05) is 50.0 Å². The van der Waals surface area contributed by atoms with Gasteiger partial charge in [0.15, 0.2) is 11.5 Å². The zero-order valence-corrected chi connectivity index (χ0v) is 47.1. The number of aromatic nitrogens is 2. The van der Waals surface area contributed by atoms with Gasteiger partial charge in [-0.25, -0.2) is 9.97 Å². The molecule has 6 amide bonds. The van der Waals surface area contributed by atoms with E-state index < -0.39 is 36.2 Å². The fourth-order valence-electron chi connectivity index (χ4n) is 8.71. The van der Waals surface area contributed by atoms with E-state index in [9.17, 15) is 33.9 Å². The second-order valence-corrected chi connectivity index (χ2v) is 19.9. The standard InChI is InChI=1S/C57H80N12O13/c1-38(2)51(67-48(70)19-26-77-28-30-79-32-33-80-31-29-78-27-24-69-49(71)16-17-50(69)72)55(74)65-43(9-6-20-58)54(73)63-42-13-10-39(11-14-42)37-82-57(76)61-21-7-25-81-47-15-12-40-34-41(47)8-4-5-23-68(3)46-18-22-60-35-45(46)66-56(75)52-53(59)62-36-44(40)64-52/h10-18,22,34,36,38,43,51,57,60-61,76H,4-9,19-21,23-33,35,37,58H2,1-3H3,(H2,59,62)(H,63,73)(H,65,74)(H,66,75)(H,67,70). The van der Waals surface area contributed by atoms with Crippen molar-refractivity contribution in [2.45, 2.75) is 83.9 Å². The van der Waals surface area contributed by atoms with Crippen LogP contribution in [0.2, 0.25) is 0 Å². The van der Waals surface area contributed by atoms with E-state index in [-0.39, 0.29) is 87.6 Å². The van der Waals surface area contributed by atoms with E-state index in [0.717, 1.165) is 64.5 Å². The number of hydrogen-bond donors (Lipinski definition) is 9. The molecule has 4 bridgehead atoms. The Kier molecular flexibility index (Phi) is 26.6. The molecule has 6 rings (SSSR count). The number of ether oxygens (including phenoxy) is 6. The van der Waals surface area contributed by atoms with Crippen LogP contribution in [0.25, 0.3) is 11.3 Å². The molecule has 11 N–H and O–H groups in total. The lowest BCUT2D eigenvalue weighted by Crippen LogP contribution is -2.54. The summed E-state index contributed by atoms with van der Waals surface area (Å²) >= 11 is 0. The maximum absolute atomic E-state index is 13.5. The molecular weight excluding hydrogens is 1060 g/mol. The lowest BCUT2D eigenvalue weighted by molar-refractivity contribution is -0.137. The summed E-state index contributed by atoms with van der Waals surface area (Å²) in [7, 11) is 2.00. The number of imide groups is 1. The monoisotopic (exact) mass is 1140 g/mol. The predicted molar refractivity (Wildman–Crippen MR) is 304 cm³/mol. The average Bonchev–Trinajstić information content (AvgIpc) is 3.88. The second-order valence-electron chi connectivity index (χ2n) is 19.9. The number of likely N-dealkylation sites (N-methyl/N-ethyl adjacent to an activating group) is 1. The number of nitrogens with one attached hydrogen (secondary N) is 6. The summed E-state index contributed by atoms with van der Waals surface area (Å²) in [4.78, 5) is 88.6. The smallest absolute Gasteiger partial charge is 0.277 e. The van der Waals surface area contributed by atoms with Crippen LogP contribution < -0.4 is 48.1 Å². The van der Waals surface area contributed by atoms with Crippen LogP contribution in [-0.2, 0) is 60.7 Å². The third-order valence-electron chi connectivity index (χ3n) is 13.3. The van der Waals surface area contributed by atoms with Gasteiger partial charge in [0.25, 0.3) is 17.7 Å². The first-order valence-corrected chi connectivity index (χ1v) is 27.8.